The van der Waals surface area contributed by atoms with Gasteiger partial charge in [-0.2, -0.15) is 0 Å². The molecule has 0 bridgehead atoms. The van der Waals surface area contributed by atoms with Crippen LogP contribution in [0.25, 0.3) is 0 Å². The van der Waals surface area contributed by atoms with E-state index in [0.717, 1.165) is 69.6 Å². The lowest BCUT2D eigenvalue weighted by molar-refractivity contribution is -0.167. The van der Waals surface area contributed by atoms with Crippen LogP contribution < -0.4 is 0 Å². The molecule has 0 fully saturated rings. The summed E-state index contributed by atoms with van der Waals surface area (Å²) in [6.45, 7) is 11.4. The molecule has 0 aliphatic rings. The molecule has 0 aromatic carbocycles. The Kier molecular flexibility index (Phi) is 47.6. The van der Waals surface area contributed by atoms with Gasteiger partial charge in [0.1, 0.15) is 13.2 Å². The van der Waals surface area contributed by atoms with E-state index in [-0.39, 0.29) is 31.1 Å². The van der Waals surface area contributed by atoms with E-state index in [0.29, 0.717) is 19.3 Å². The Labute approximate surface area is 387 Å². The highest BCUT2D eigenvalue weighted by Crippen LogP contribution is 2.18. The molecule has 2 atom stereocenters. The molecule has 0 aliphatic carbocycles. The molecule has 0 N–H and O–H groups in total. The Morgan fingerprint density at radius 3 is 0.919 bits per heavy atom. The minimum atomic E-state index is -0.762. The van der Waals surface area contributed by atoms with E-state index in [2.05, 4.69) is 34.6 Å². The van der Waals surface area contributed by atoms with Gasteiger partial charge in [-0.25, -0.2) is 0 Å². The van der Waals surface area contributed by atoms with Crippen LogP contribution in [0.15, 0.2) is 0 Å². The van der Waals surface area contributed by atoms with E-state index >= 15 is 0 Å². The summed E-state index contributed by atoms with van der Waals surface area (Å²) in [4.78, 5) is 38.0. The molecule has 0 saturated carbocycles. The lowest BCUT2D eigenvalue weighted by atomic mass is 9.99. The smallest absolute Gasteiger partial charge is 0.306 e. The van der Waals surface area contributed by atoms with Crippen molar-refractivity contribution >= 4 is 17.9 Å². The van der Waals surface area contributed by atoms with E-state index < -0.39 is 6.10 Å². The first kappa shape index (κ1) is 60.4. The van der Waals surface area contributed by atoms with Gasteiger partial charge in [0.15, 0.2) is 6.10 Å². The van der Waals surface area contributed by atoms with Crippen LogP contribution >= 0.6 is 0 Å². The lowest BCUT2D eigenvalue weighted by Crippen LogP contribution is -2.30. The van der Waals surface area contributed by atoms with Gasteiger partial charge in [0.2, 0.25) is 0 Å². The van der Waals surface area contributed by atoms with Gasteiger partial charge in [-0.3, -0.25) is 14.4 Å². The summed E-state index contributed by atoms with van der Waals surface area (Å²) in [5.74, 6) is 0.853. The van der Waals surface area contributed by atoms with Crippen molar-refractivity contribution in [2.24, 2.45) is 11.8 Å². The Hall–Kier alpha value is -1.59. The van der Waals surface area contributed by atoms with E-state index in [9.17, 15) is 14.4 Å². The van der Waals surface area contributed by atoms with Crippen molar-refractivity contribution in [3.63, 3.8) is 0 Å². The lowest BCUT2D eigenvalue weighted by Gasteiger charge is -2.18. The van der Waals surface area contributed by atoms with Crippen molar-refractivity contribution in [3.8, 4) is 0 Å². The number of hydrogen-bond acceptors (Lipinski definition) is 6. The van der Waals surface area contributed by atoms with E-state index in [1.807, 2.05) is 0 Å². The van der Waals surface area contributed by atoms with Crippen LogP contribution in [0.4, 0.5) is 0 Å². The predicted octanol–water partition coefficient (Wildman–Crippen LogP) is 18.1. The second kappa shape index (κ2) is 48.9. The molecule has 0 aromatic rings. The molecule has 0 saturated heterocycles. The van der Waals surface area contributed by atoms with Crippen LogP contribution in [0.2, 0.25) is 0 Å². The number of carbonyl (C=O) groups excluding carboxylic acids is 3. The molecule has 6 nitrogen and oxygen atoms in total. The second-order valence-corrected chi connectivity index (χ2v) is 19.9. The first-order valence-electron chi connectivity index (χ1n) is 27.8. The van der Waals surface area contributed by atoms with Crippen LogP contribution in [0.1, 0.15) is 311 Å². The third kappa shape index (κ3) is 47.9. The topological polar surface area (TPSA) is 78.9 Å². The molecule has 0 radical (unpaired) electrons. The SMILES string of the molecule is CCCCCCCCCCCCCCCCC(=O)O[C@H](COC(=O)CCCCCCCCCCCCCCCCCC(C)C)COC(=O)CCCCCCCCCCC(C)CC. The average Bonchev–Trinajstić information content (AvgIpc) is 3.26. The van der Waals surface area contributed by atoms with E-state index in [1.165, 1.54) is 199 Å². The fourth-order valence-electron chi connectivity index (χ4n) is 8.49. The molecular weight excluding hydrogens is 769 g/mol. The summed E-state index contributed by atoms with van der Waals surface area (Å²) >= 11 is 0. The van der Waals surface area contributed by atoms with Crippen molar-refractivity contribution in [1.82, 2.24) is 0 Å². The zero-order valence-corrected chi connectivity index (χ0v) is 42.5. The number of hydrogen-bond donors (Lipinski definition) is 0. The molecule has 62 heavy (non-hydrogen) atoms. The Morgan fingerprint density at radius 2 is 0.613 bits per heavy atom. The maximum Gasteiger partial charge on any atom is 0.306 e. The minimum absolute atomic E-state index is 0.0632. The number of carbonyl (C=O) groups is 3. The monoisotopic (exact) mass is 877 g/mol. The van der Waals surface area contributed by atoms with Crippen molar-refractivity contribution in [1.29, 1.82) is 0 Å². The van der Waals surface area contributed by atoms with Crippen LogP contribution in [0.5, 0.6) is 0 Å². The van der Waals surface area contributed by atoms with E-state index in [1.54, 1.807) is 0 Å². The Balaban J connectivity index is 4.28. The molecule has 1 unspecified atom stereocenters. The van der Waals surface area contributed by atoms with Crippen molar-refractivity contribution < 1.29 is 28.6 Å². The summed E-state index contributed by atoms with van der Waals surface area (Å²) in [5.41, 5.74) is 0. The number of ether oxygens (including phenoxy) is 3. The summed E-state index contributed by atoms with van der Waals surface area (Å²) in [5, 5.41) is 0. The maximum absolute atomic E-state index is 12.8. The largest absolute Gasteiger partial charge is 0.462 e. The van der Waals surface area contributed by atoms with Gasteiger partial charge < -0.3 is 14.2 Å². The van der Waals surface area contributed by atoms with Crippen molar-refractivity contribution in [3.05, 3.63) is 0 Å². The molecule has 6 heteroatoms. The summed E-state index contributed by atoms with van der Waals surface area (Å²) in [6.07, 6.45) is 50.8. The highest BCUT2D eigenvalue weighted by molar-refractivity contribution is 5.71. The fourth-order valence-corrected chi connectivity index (χ4v) is 8.49. The van der Waals surface area contributed by atoms with Crippen LogP contribution in [0.3, 0.4) is 0 Å². The van der Waals surface area contributed by atoms with Crippen molar-refractivity contribution in [2.45, 2.75) is 317 Å². The summed E-state index contributed by atoms with van der Waals surface area (Å²) in [6, 6.07) is 0. The zero-order chi connectivity index (χ0) is 45.4. The highest BCUT2D eigenvalue weighted by atomic mass is 16.6. The minimum Gasteiger partial charge on any atom is -0.462 e. The number of esters is 3. The van der Waals surface area contributed by atoms with Crippen LogP contribution in [-0.2, 0) is 28.6 Å². The summed E-state index contributed by atoms with van der Waals surface area (Å²) < 4.78 is 16.9. The zero-order valence-electron chi connectivity index (χ0n) is 42.5. The van der Waals surface area contributed by atoms with Crippen molar-refractivity contribution in [2.75, 3.05) is 13.2 Å². The molecule has 0 rings (SSSR count). The first-order chi connectivity index (χ1) is 30.3. The van der Waals surface area contributed by atoms with Gasteiger partial charge in [-0.15, -0.1) is 0 Å². The molecule has 0 amide bonds. The highest BCUT2D eigenvalue weighted by Gasteiger charge is 2.19. The third-order valence-electron chi connectivity index (χ3n) is 13.1. The molecule has 0 spiro atoms. The summed E-state index contributed by atoms with van der Waals surface area (Å²) in [7, 11) is 0. The normalized spacial score (nSPS) is 12.5. The van der Waals surface area contributed by atoms with Gasteiger partial charge in [0, 0.05) is 19.3 Å². The molecule has 0 heterocycles. The average molecular weight is 877 g/mol. The predicted molar refractivity (Wildman–Crippen MR) is 266 cm³/mol. The van der Waals surface area contributed by atoms with Gasteiger partial charge >= 0.3 is 17.9 Å². The fraction of sp³-hybridized carbons (Fsp3) is 0.946. The second-order valence-electron chi connectivity index (χ2n) is 19.9. The standard InChI is InChI=1S/C56H108O6/c1-6-8-9-10-11-12-13-14-19-23-26-33-38-43-48-56(59)62-53(50-61-55(58)47-42-37-32-28-27-30-35-40-45-52(5)7-2)49-60-54(57)46-41-36-31-25-22-20-17-15-16-18-21-24-29-34-39-44-51(3)4/h51-53H,6-50H2,1-5H3/t52?,53-/m1/s1. The molecule has 368 valence electrons. The van der Waals surface area contributed by atoms with Crippen LogP contribution in [0, 0.1) is 11.8 Å². The number of rotatable bonds is 50. The third-order valence-corrected chi connectivity index (χ3v) is 13.1. The molecule has 0 aliphatic heterocycles. The molecule has 0 aromatic heterocycles. The van der Waals surface area contributed by atoms with Gasteiger partial charge in [0.05, 0.1) is 0 Å². The quantitative estimate of drug-likeness (QED) is 0.0344. The maximum atomic E-state index is 12.8. The molecular formula is C56H108O6. The van der Waals surface area contributed by atoms with E-state index in [4.69, 9.17) is 14.2 Å². The first-order valence-corrected chi connectivity index (χ1v) is 27.8. The van der Waals surface area contributed by atoms with Crippen LogP contribution in [-0.4, -0.2) is 37.2 Å². The van der Waals surface area contributed by atoms with Gasteiger partial charge in [0.25, 0.3) is 0 Å². The van der Waals surface area contributed by atoms with Gasteiger partial charge in [-0.05, 0) is 31.1 Å². The van der Waals surface area contributed by atoms with Gasteiger partial charge in [-0.1, -0.05) is 272 Å². The number of unbranched alkanes of at least 4 members (excludes halogenated alkanes) is 34. The Morgan fingerprint density at radius 1 is 0.339 bits per heavy atom. The Bertz CT molecular complexity index is 949.